The molecule has 23 rings (SSSR count). The van der Waals surface area contributed by atoms with Crippen LogP contribution in [0.25, 0.3) is 181 Å². The lowest BCUT2D eigenvalue weighted by molar-refractivity contribution is 1.00. The third-order valence-corrected chi connectivity index (χ3v) is 23.7. The van der Waals surface area contributed by atoms with Gasteiger partial charge in [0.1, 0.15) is 5.82 Å². The quantitative estimate of drug-likeness (QED) is 0.126. The predicted octanol–water partition coefficient (Wildman–Crippen LogP) is 30.9. The van der Waals surface area contributed by atoms with Crippen molar-refractivity contribution < 1.29 is 0 Å². The monoisotopic (exact) mass is 1490 g/mol. The van der Waals surface area contributed by atoms with Crippen LogP contribution in [0.1, 0.15) is 28.4 Å². The van der Waals surface area contributed by atoms with E-state index in [-0.39, 0.29) is 5.92 Å². The van der Waals surface area contributed by atoms with Gasteiger partial charge in [-0.3, -0.25) is 9.56 Å². The molecule has 2 heterocycles. The Kier molecular flexibility index (Phi) is 17.9. The van der Waals surface area contributed by atoms with Crippen molar-refractivity contribution in [1.29, 1.82) is 0 Å². The molecule has 3 heteroatoms. The van der Waals surface area contributed by atoms with Gasteiger partial charge in [0.05, 0.1) is 28.4 Å². The number of aryl methyl sites for hydroxylation is 1. The highest BCUT2D eigenvalue weighted by atomic mass is 15.1. The molecule has 117 heavy (non-hydrogen) atoms. The number of aliphatic imine (C=N–C) groups is 1. The van der Waals surface area contributed by atoms with E-state index < -0.39 is 0 Å². The van der Waals surface area contributed by atoms with Crippen molar-refractivity contribution in [1.82, 2.24) is 9.55 Å². The van der Waals surface area contributed by atoms with Crippen LogP contribution in [0.5, 0.6) is 0 Å². The summed E-state index contributed by atoms with van der Waals surface area (Å²) < 4.78 is 2.24. The Morgan fingerprint density at radius 1 is 0.222 bits per heavy atom. The summed E-state index contributed by atoms with van der Waals surface area (Å²) >= 11 is 0. The standard InChI is InChI=1S/C44H29N.C40H28N2.C30H20/c1-2-13-32(14-3-1)44-43(39-20-10-11-21-40(39)45-44)31-25-23-30(24-26-31)41-35-16-6-8-18-37(35)42(38-19-9-7-17-36(38)41)34-27-22-29-12-4-5-15-33(29)28-34;1-27-41-37-25-24-31(26-38(37)42(27)32-14-6-3-7-15-32)28-20-22-30(23-21-28)40-35-18-10-8-16-33(35)39(29-12-4-2-5-13-29)34-17-9-11-19-36(34)40;1-2-11-22(12-3-1)29-25-14-6-8-16-27(25)30(28-17-9-7-15-26(28)29)24-19-18-21-10-4-5-13-23(21)20-24/h1-28,43H;2-26H,1H3;1-20H. The molecule has 0 saturated heterocycles. The van der Waals surface area contributed by atoms with Gasteiger partial charge in [-0.1, -0.05) is 400 Å². The number of hydrogen-bond acceptors (Lipinski definition) is 2. The van der Waals surface area contributed by atoms with E-state index in [1.165, 1.54) is 181 Å². The predicted molar refractivity (Wildman–Crippen MR) is 498 cm³/mol. The zero-order chi connectivity index (χ0) is 77.7. The van der Waals surface area contributed by atoms with Crippen LogP contribution in [0.2, 0.25) is 0 Å². The number of aromatic nitrogens is 2. The molecule has 21 aromatic carbocycles. The molecule has 0 N–H and O–H groups in total. The summed E-state index contributed by atoms with van der Waals surface area (Å²) in [5.41, 5.74) is 26.7. The van der Waals surface area contributed by atoms with Gasteiger partial charge >= 0.3 is 0 Å². The normalized spacial score (nSPS) is 12.5. The van der Waals surface area contributed by atoms with E-state index in [1.807, 2.05) is 6.07 Å². The molecule has 1 aliphatic rings. The van der Waals surface area contributed by atoms with Crippen LogP contribution >= 0.6 is 0 Å². The van der Waals surface area contributed by atoms with E-state index >= 15 is 0 Å². The van der Waals surface area contributed by atoms with Crippen molar-refractivity contribution in [3.8, 4) is 83.6 Å². The minimum absolute atomic E-state index is 0.0985. The van der Waals surface area contributed by atoms with Crippen LogP contribution < -0.4 is 0 Å². The molecule has 1 atom stereocenters. The number of hydrogen-bond donors (Lipinski definition) is 0. The summed E-state index contributed by atoms with van der Waals surface area (Å²) in [6.07, 6.45) is 0. The SMILES string of the molecule is Cc1nc2ccc(-c3ccc(-c4c5ccccc5c(-c5ccccc5)c5ccccc45)cc3)cc2n1-c1ccccc1.c1ccc(-c2c3ccccc3c(-c3ccc4ccccc4c3)c3ccccc23)cc1.c1ccc(C2=Nc3ccccc3C2c2ccc(-c3c4ccccc4c(-c4ccc5ccccc5c4)c4ccccc34)cc2)cc1. The lowest BCUT2D eigenvalue weighted by Gasteiger charge is -2.19. The molecule has 0 aliphatic carbocycles. The fourth-order valence-corrected chi connectivity index (χ4v) is 18.5. The highest BCUT2D eigenvalue weighted by Gasteiger charge is 2.30. The molecular formula is C114H77N3. The van der Waals surface area contributed by atoms with Crippen molar-refractivity contribution in [3.63, 3.8) is 0 Å². The molecule has 0 bridgehead atoms. The van der Waals surface area contributed by atoms with Gasteiger partial charge in [0.25, 0.3) is 0 Å². The summed E-state index contributed by atoms with van der Waals surface area (Å²) in [5.74, 6) is 1.09. The Labute approximate surface area is 680 Å². The molecule has 0 saturated carbocycles. The summed E-state index contributed by atoms with van der Waals surface area (Å²) in [4.78, 5) is 9.94. The molecule has 1 aliphatic heterocycles. The maximum Gasteiger partial charge on any atom is 0.111 e. The second kappa shape index (κ2) is 30.1. The van der Waals surface area contributed by atoms with Crippen molar-refractivity contribution in [3.05, 3.63) is 465 Å². The summed E-state index contributed by atoms with van der Waals surface area (Å²) in [6, 6.07) is 160. The Bertz CT molecular complexity index is 7420. The minimum Gasteiger partial charge on any atom is -0.297 e. The van der Waals surface area contributed by atoms with Crippen molar-refractivity contribution >= 4 is 109 Å². The lowest BCUT2D eigenvalue weighted by atomic mass is 9.83. The number of fused-ring (bicyclic) bond motifs is 10. The van der Waals surface area contributed by atoms with Gasteiger partial charge in [-0.2, -0.15) is 0 Å². The molecule has 1 unspecified atom stereocenters. The number of rotatable bonds is 10. The number of para-hydroxylation sites is 2. The Morgan fingerprint density at radius 3 is 0.932 bits per heavy atom. The zero-order valence-electron chi connectivity index (χ0n) is 64.6. The average molecular weight is 1490 g/mol. The molecule has 548 valence electrons. The summed E-state index contributed by atoms with van der Waals surface area (Å²) in [7, 11) is 0. The smallest absolute Gasteiger partial charge is 0.111 e. The molecule has 0 radical (unpaired) electrons. The van der Waals surface area contributed by atoms with Gasteiger partial charge in [-0.05, 0) is 230 Å². The highest BCUT2D eigenvalue weighted by molar-refractivity contribution is 6.25. The maximum atomic E-state index is 5.12. The largest absolute Gasteiger partial charge is 0.297 e. The Balaban J connectivity index is 0.000000112. The Hall–Kier alpha value is -15.2. The van der Waals surface area contributed by atoms with Crippen LogP contribution in [-0.2, 0) is 0 Å². The van der Waals surface area contributed by atoms with E-state index in [4.69, 9.17) is 9.98 Å². The van der Waals surface area contributed by atoms with Crippen LogP contribution in [0, 0.1) is 6.92 Å². The van der Waals surface area contributed by atoms with Crippen molar-refractivity contribution in [2.45, 2.75) is 12.8 Å². The van der Waals surface area contributed by atoms with Gasteiger partial charge in [0.2, 0.25) is 0 Å². The first-order valence-corrected chi connectivity index (χ1v) is 40.4. The highest BCUT2D eigenvalue weighted by Crippen LogP contribution is 2.50. The fourth-order valence-electron chi connectivity index (χ4n) is 18.5. The average Bonchev–Trinajstić information content (AvgIpc) is 1.40. The first kappa shape index (κ1) is 69.8. The molecule has 0 fully saturated rings. The fraction of sp³-hybridized carbons (Fsp3) is 0.0175. The third-order valence-electron chi connectivity index (χ3n) is 23.7. The molecule has 1 aromatic heterocycles. The minimum atomic E-state index is 0.0985. The zero-order valence-corrected chi connectivity index (χ0v) is 64.6. The summed E-state index contributed by atoms with van der Waals surface area (Å²) in [5, 5.41) is 20.4. The molecule has 0 spiro atoms. The van der Waals surface area contributed by atoms with Crippen LogP contribution in [0.15, 0.2) is 448 Å². The van der Waals surface area contributed by atoms with E-state index in [0.717, 1.165) is 33.9 Å². The van der Waals surface area contributed by atoms with Gasteiger partial charge in [-0.15, -0.1) is 0 Å². The van der Waals surface area contributed by atoms with E-state index in [0.29, 0.717) is 0 Å². The molecule has 3 nitrogen and oxygen atoms in total. The van der Waals surface area contributed by atoms with Crippen LogP contribution in [-0.4, -0.2) is 15.3 Å². The molecule has 0 amide bonds. The third kappa shape index (κ3) is 12.7. The topological polar surface area (TPSA) is 30.2 Å². The second-order valence-electron chi connectivity index (χ2n) is 30.5. The van der Waals surface area contributed by atoms with E-state index in [2.05, 4.69) is 448 Å². The maximum absolute atomic E-state index is 5.12. The van der Waals surface area contributed by atoms with Crippen molar-refractivity contribution in [2.24, 2.45) is 4.99 Å². The first-order chi connectivity index (χ1) is 58.0. The van der Waals surface area contributed by atoms with Gasteiger partial charge in [-0.25, -0.2) is 4.98 Å². The summed E-state index contributed by atoms with van der Waals surface area (Å²) in [6.45, 7) is 2.07. The van der Waals surface area contributed by atoms with Crippen LogP contribution in [0.3, 0.4) is 0 Å². The van der Waals surface area contributed by atoms with Crippen molar-refractivity contribution in [2.75, 3.05) is 0 Å². The van der Waals surface area contributed by atoms with E-state index in [1.54, 1.807) is 0 Å². The molecular weight excluding hydrogens is 1410 g/mol. The van der Waals surface area contributed by atoms with Gasteiger partial charge < -0.3 is 0 Å². The number of imidazole rings is 1. The first-order valence-electron chi connectivity index (χ1n) is 40.4. The second-order valence-corrected chi connectivity index (χ2v) is 30.5. The molecule has 22 aromatic rings. The Morgan fingerprint density at radius 2 is 0.521 bits per heavy atom. The number of nitrogens with zero attached hydrogens (tertiary/aromatic N) is 3. The van der Waals surface area contributed by atoms with Crippen LogP contribution in [0.4, 0.5) is 5.69 Å². The number of benzene rings is 21. The van der Waals surface area contributed by atoms with Gasteiger partial charge in [0, 0.05) is 5.69 Å². The van der Waals surface area contributed by atoms with E-state index in [9.17, 15) is 0 Å². The lowest BCUT2D eigenvalue weighted by Crippen LogP contribution is -2.11. The van der Waals surface area contributed by atoms with Gasteiger partial charge in [0.15, 0.2) is 0 Å².